The van der Waals surface area contributed by atoms with Crippen molar-refractivity contribution in [3.05, 3.63) is 71.3 Å². The Kier molecular flexibility index (Phi) is 3.52. The fourth-order valence-electron chi connectivity index (χ4n) is 2.40. The van der Waals surface area contributed by atoms with Gasteiger partial charge in [-0.15, -0.1) is 0 Å². The number of benzene rings is 2. The third-order valence-corrected chi connectivity index (χ3v) is 4.06. The lowest BCUT2D eigenvalue weighted by Gasteiger charge is -2.22. The molecule has 21 heavy (non-hydrogen) atoms. The number of aryl methyl sites for hydroxylation is 1. The summed E-state index contributed by atoms with van der Waals surface area (Å²) in [7, 11) is 0. The summed E-state index contributed by atoms with van der Waals surface area (Å²) in [5.74, 6) is -0.0584. The molecule has 0 bridgehead atoms. The first-order chi connectivity index (χ1) is 10.1. The van der Waals surface area contributed by atoms with Gasteiger partial charge in [0, 0.05) is 0 Å². The van der Waals surface area contributed by atoms with Crippen molar-refractivity contribution in [2.45, 2.75) is 31.3 Å². The van der Waals surface area contributed by atoms with Crippen LogP contribution < -0.4 is 11.1 Å². The van der Waals surface area contributed by atoms with Gasteiger partial charge in [-0.25, -0.2) is 0 Å². The minimum Gasteiger partial charge on any atom is -0.344 e. The minimum absolute atomic E-state index is 0.0584. The molecule has 0 spiro atoms. The van der Waals surface area contributed by atoms with Gasteiger partial charge in [0.25, 0.3) is 0 Å². The van der Waals surface area contributed by atoms with Crippen molar-refractivity contribution in [1.29, 1.82) is 0 Å². The minimum atomic E-state index is -0.655. The third kappa shape index (κ3) is 2.98. The summed E-state index contributed by atoms with van der Waals surface area (Å²) in [6, 6.07) is 18.1. The predicted molar refractivity (Wildman–Crippen MR) is 83.8 cm³/mol. The summed E-state index contributed by atoms with van der Waals surface area (Å²) < 4.78 is 0. The maximum Gasteiger partial charge on any atom is 0.240 e. The quantitative estimate of drug-likeness (QED) is 0.904. The molecule has 1 atom stereocenters. The van der Waals surface area contributed by atoms with Crippen molar-refractivity contribution in [3.63, 3.8) is 0 Å². The van der Waals surface area contributed by atoms with Gasteiger partial charge in [-0.05, 0) is 30.9 Å². The second-order valence-electron chi connectivity index (χ2n) is 5.88. The van der Waals surface area contributed by atoms with E-state index in [1.807, 2.05) is 30.3 Å². The maximum atomic E-state index is 12.3. The second kappa shape index (κ2) is 5.34. The van der Waals surface area contributed by atoms with Gasteiger partial charge < -0.3 is 11.1 Å². The SMILES string of the molecule is Cc1ccc([C@H](NC(=O)C2(N)CC2)c2ccccc2)cc1. The number of hydrogen-bond acceptors (Lipinski definition) is 2. The van der Waals surface area contributed by atoms with Crippen LogP contribution >= 0.6 is 0 Å². The number of carbonyl (C=O) groups excluding carboxylic acids is 1. The van der Waals surface area contributed by atoms with Crippen molar-refractivity contribution in [3.8, 4) is 0 Å². The molecule has 1 amide bonds. The molecule has 108 valence electrons. The molecule has 2 aromatic rings. The van der Waals surface area contributed by atoms with E-state index in [-0.39, 0.29) is 11.9 Å². The van der Waals surface area contributed by atoms with Gasteiger partial charge in [-0.1, -0.05) is 60.2 Å². The summed E-state index contributed by atoms with van der Waals surface area (Å²) in [6.07, 6.45) is 1.54. The topological polar surface area (TPSA) is 55.1 Å². The van der Waals surface area contributed by atoms with E-state index in [1.54, 1.807) is 0 Å². The molecule has 1 aliphatic carbocycles. The molecule has 1 aliphatic rings. The highest BCUT2D eigenvalue weighted by atomic mass is 16.2. The molecule has 3 rings (SSSR count). The zero-order valence-electron chi connectivity index (χ0n) is 12.2. The van der Waals surface area contributed by atoms with Crippen LogP contribution in [0.3, 0.4) is 0 Å². The molecular formula is C18H20N2O. The number of nitrogens with one attached hydrogen (secondary N) is 1. The molecule has 1 saturated carbocycles. The van der Waals surface area contributed by atoms with E-state index in [9.17, 15) is 4.79 Å². The lowest BCUT2D eigenvalue weighted by molar-refractivity contribution is -0.123. The van der Waals surface area contributed by atoms with Crippen LogP contribution in [-0.2, 0) is 4.79 Å². The first-order valence-electron chi connectivity index (χ1n) is 7.30. The van der Waals surface area contributed by atoms with Gasteiger partial charge in [0.2, 0.25) is 5.91 Å². The standard InChI is InChI=1S/C18H20N2O/c1-13-7-9-15(10-8-13)16(14-5-3-2-4-6-14)20-17(21)18(19)11-12-18/h2-10,16H,11-12,19H2,1H3,(H,20,21)/t16-/m1/s1. The van der Waals surface area contributed by atoms with Gasteiger partial charge in [0.05, 0.1) is 11.6 Å². The van der Waals surface area contributed by atoms with Crippen molar-refractivity contribution >= 4 is 5.91 Å². The van der Waals surface area contributed by atoms with Crippen molar-refractivity contribution in [2.24, 2.45) is 5.73 Å². The Balaban J connectivity index is 1.91. The normalized spacial score (nSPS) is 17.0. The van der Waals surface area contributed by atoms with Crippen LogP contribution in [0.25, 0.3) is 0 Å². The van der Waals surface area contributed by atoms with Crippen molar-refractivity contribution < 1.29 is 4.79 Å². The van der Waals surface area contributed by atoms with E-state index in [0.717, 1.165) is 24.0 Å². The Morgan fingerprint density at radius 1 is 1.05 bits per heavy atom. The molecule has 0 heterocycles. The molecule has 3 heteroatoms. The largest absolute Gasteiger partial charge is 0.344 e. The summed E-state index contributed by atoms with van der Waals surface area (Å²) in [5, 5.41) is 3.11. The summed E-state index contributed by atoms with van der Waals surface area (Å²) in [4.78, 5) is 12.3. The Morgan fingerprint density at radius 3 is 2.19 bits per heavy atom. The lowest BCUT2D eigenvalue weighted by atomic mass is 9.97. The number of hydrogen-bond donors (Lipinski definition) is 2. The van der Waals surface area contributed by atoms with E-state index in [2.05, 4.69) is 36.5 Å². The van der Waals surface area contributed by atoms with Crippen LogP contribution in [0.5, 0.6) is 0 Å². The fourth-order valence-corrected chi connectivity index (χ4v) is 2.40. The molecule has 0 aromatic heterocycles. The van der Waals surface area contributed by atoms with E-state index in [0.29, 0.717) is 0 Å². The zero-order valence-corrected chi connectivity index (χ0v) is 12.2. The maximum absolute atomic E-state index is 12.3. The second-order valence-corrected chi connectivity index (χ2v) is 5.88. The monoisotopic (exact) mass is 280 g/mol. The van der Waals surface area contributed by atoms with Crippen LogP contribution in [-0.4, -0.2) is 11.4 Å². The zero-order chi connectivity index (χ0) is 14.9. The van der Waals surface area contributed by atoms with Gasteiger partial charge in [0.1, 0.15) is 0 Å². The Hall–Kier alpha value is -2.13. The van der Waals surface area contributed by atoms with Crippen LogP contribution in [0.4, 0.5) is 0 Å². The highest BCUT2D eigenvalue weighted by Gasteiger charge is 2.46. The Bertz CT molecular complexity index is 630. The van der Waals surface area contributed by atoms with E-state index in [1.165, 1.54) is 5.56 Å². The van der Waals surface area contributed by atoms with Gasteiger partial charge in [-0.2, -0.15) is 0 Å². The molecule has 0 unspecified atom stereocenters. The first kappa shape index (κ1) is 13.8. The Labute approximate surface area is 125 Å². The first-order valence-corrected chi connectivity index (χ1v) is 7.30. The van der Waals surface area contributed by atoms with Gasteiger partial charge in [0.15, 0.2) is 0 Å². The molecule has 0 saturated heterocycles. The van der Waals surface area contributed by atoms with E-state index >= 15 is 0 Å². The summed E-state index contributed by atoms with van der Waals surface area (Å²) in [5.41, 5.74) is 8.70. The van der Waals surface area contributed by atoms with E-state index in [4.69, 9.17) is 5.73 Å². The van der Waals surface area contributed by atoms with Crippen molar-refractivity contribution in [1.82, 2.24) is 5.32 Å². The van der Waals surface area contributed by atoms with Crippen LogP contribution in [0.2, 0.25) is 0 Å². The molecule has 0 aliphatic heterocycles. The number of carbonyl (C=O) groups is 1. The van der Waals surface area contributed by atoms with Crippen molar-refractivity contribution in [2.75, 3.05) is 0 Å². The van der Waals surface area contributed by atoms with Crippen LogP contribution in [0.1, 0.15) is 35.6 Å². The van der Waals surface area contributed by atoms with Gasteiger partial charge in [-0.3, -0.25) is 4.79 Å². The summed E-state index contributed by atoms with van der Waals surface area (Å²) >= 11 is 0. The van der Waals surface area contributed by atoms with E-state index < -0.39 is 5.54 Å². The van der Waals surface area contributed by atoms with Crippen LogP contribution in [0.15, 0.2) is 54.6 Å². The highest BCUT2D eigenvalue weighted by molar-refractivity contribution is 5.89. The summed E-state index contributed by atoms with van der Waals surface area (Å²) in [6.45, 7) is 2.05. The predicted octanol–water partition coefficient (Wildman–Crippen LogP) is 2.69. The molecule has 1 fully saturated rings. The molecular weight excluding hydrogens is 260 g/mol. The average molecular weight is 280 g/mol. The number of rotatable bonds is 4. The number of amides is 1. The molecule has 0 radical (unpaired) electrons. The number of nitrogens with two attached hydrogens (primary N) is 1. The molecule has 2 aromatic carbocycles. The molecule has 3 N–H and O–H groups in total. The lowest BCUT2D eigenvalue weighted by Crippen LogP contribution is -2.44. The average Bonchev–Trinajstić information content (AvgIpc) is 3.26. The smallest absolute Gasteiger partial charge is 0.240 e. The van der Waals surface area contributed by atoms with Crippen LogP contribution in [0, 0.1) is 6.92 Å². The third-order valence-electron chi connectivity index (χ3n) is 4.06. The van der Waals surface area contributed by atoms with Gasteiger partial charge >= 0.3 is 0 Å². The molecule has 3 nitrogen and oxygen atoms in total. The fraction of sp³-hybridized carbons (Fsp3) is 0.278. The highest BCUT2D eigenvalue weighted by Crippen LogP contribution is 2.33. The Morgan fingerprint density at radius 2 is 1.62 bits per heavy atom.